The van der Waals surface area contributed by atoms with Crippen LogP contribution in [0.5, 0.6) is 5.75 Å². The van der Waals surface area contributed by atoms with Gasteiger partial charge < -0.3 is 9.64 Å². The molecule has 1 aliphatic carbocycles. The summed E-state index contributed by atoms with van der Waals surface area (Å²) in [4.78, 5) is 14.4. The van der Waals surface area contributed by atoms with Gasteiger partial charge in [0.1, 0.15) is 11.4 Å². The number of hydrogen-bond donors (Lipinski definition) is 0. The first-order valence-electron chi connectivity index (χ1n) is 9.37. The Kier molecular flexibility index (Phi) is 6.20. The standard InChI is InChI=1S/C19H27N5O2/c1-23(15-9-4-3-5-10-15)19(25)14-8-13-18-20-21-22-24(18)16-11-6-7-12-17(16)26-2/h6-7,11-12,15H,3-5,8-10,13-14H2,1-2H3. The second-order valence-corrected chi connectivity index (χ2v) is 6.83. The Balaban J connectivity index is 1.57. The SMILES string of the molecule is COc1ccccc1-n1nnnc1CCCC(=O)N(C)C1CCCCC1. The molecule has 1 aromatic heterocycles. The second-order valence-electron chi connectivity index (χ2n) is 6.83. The van der Waals surface area contributed by atoms with Gasteiger partial charge in [0.25, 0.3) is 0 Å². The molecule has 2 aromatic rings. The van der Waals surface area contributed by atoms with E-state index < -0.39 is 0 Å². The summed E-state index contributed by atoms with van der Waals surface area (Å²) in [6, 6.07) is 8.04. The third-order valence-corrected chi connectivity index (χ3v) is 5.15. The summed E-state index contributed by atoms with van der Waals surface area (Å²) in [5.41, 5.74) is 0.806. The Bertz CT molecular complexity index is 724. The zero-order chi connectivity index (χ0) is 18.4. The van der Waals surface area contributed by atoms with Crippen LogP contribution < -0.4 is 4.74 Å². The van der Waals surface area contributed by atoms with E-state index in [9.17, 15) is 4.79 Å². The molecule has 1 saturated carbocycles. The van der Waals surface area contributed by atoms with Crippen LogP contribution in [0.1, 0.15) is 50.8 Å². The number of methoxy groups -OCH3 is 1. The van der Waals surface area contributed by atoms with Crippen LogP contribution in [0.2, 0.25) is 0 Å². The molecule has 0 spiro atoms. The van der Waals surface area contributed by atoms with Gasteiger partial charge >= 0.3 is 0 Å². The molecule has 1 heterocycles. The van der Waals surface area contributed by atoms with Gasteiger partial charge in [0, 0.05) is 25.9 Å². The molecule has 0 unspecified atom stereocenters. The highest BCUT2D eigenvalue weighted by Crippen LogP contribution is 2.23. The first-order chi connectivity index (χ1) is 12.7. The van der Waals surface area contributed by atoms with Gasteiger partial charge in [-0.25, -0.2) is 0 Å². The largest absolute Gasteiger partial charge is 0.494 e. The number of benzene rings is 1. The fourth-order valence-electron chi connectivity index (χ4n) is 3.60. The Morgan fingerprint density at radius 2 is 2.04 bits per heavy atom. The van der Waals surface area contributed by atoms with Crippen molar-refractivity contribution in [2.45, 2.75) is 57.4 Å². The molecule has 0 saturated heterocycles. The van der Waals surface area contributed by atoms with Crippen molar-refractivity contribution >= 4 is 5.91 Å². The van der Waals surface area contributed by atoms with Crippen molar-refractivity contribution in [2.75, 3.05) is 14.2 Å². The summed E-state index contributed by atoms with van der Waals surface area (Å²) in [5.74, 6) is 1.67. The van der Waals surface area contributed by atoms with Gasteiger partial charge in [-0.05, 0) is 41.8 Å². The van der Waals surface area contributed by atoms with Gasteiger partial charge in [0.05, 0.1) is 7.11 Å². The van der Waals surface area contributed by atoms with Crippen LogP contribution in [0, 0.1) is 0 Å². The monoisotopic (exact) mass is 357 g/mol. The minimum atomic E-state index is 0.216. The fourth-order valence-corrected chi connectivity index (χ4v) is 3.60. The van der Waals surface area contributed by atoms with Crippen molar-refractivity contribution in [3.63, 3.8) is 0 Å². The summed E-state index contributed by atoms with van der Waals surface area (Å²) >= 11 is 0. The molecule has 7 nitrogen and oxygen atoms in total. The smallest absolute Gasteiger partial charge is 0.222 e. The molecule has 0 radical (unpaired) electrons. The number of nitrogens with zero attached hydrogens (tertiary/aromatic N) is 5. The van der Waals surface area contributed by atoms with E-state index in [0.717, 1.165) is 30.8 Å². The topological polar surface area (TPSA) is 73.1 Å². The molecule has 140 valence electrons. The first kappa shape index (κ1) is 18.4. The van der Waals surface area contributed by atoms with E-state index in [1.54, 1.807) is 11.8 Å². The maximum atomic E-state index is 12.5. The highest BCUT2D eigenvalue weighted by Gasteiger charge is 2.22. The average Bonchev–Trinajstić information content (AvgIpc) is 3.16. The molecular weight excluding hydrogens is 330 g/mol. The van der Waals surface area contributed by atoms with E-state index in [-0.39, 0.29) is 5.91 Å². The van der Waals surface area contributed by atoms with Crippen LogP contribution in [0.25, 0.3) is 5.69 Å². The number of para-hydroxylation sites is 2. The van der Waals surface area contributed by atoms with Crippen LogP contribution in [0.15, 0.2) is 24.3 Å². The van der Waals surface area contributed by atoms with Gasteiger partial charge in [0.2, 0.25) is 5.91 Å². The van der Waals surface area contributed by atoms with Gasteiger partial charge in [-0.3, -0.25) is 4.79 Å². The van der Waals surface area contributed by atoms with E-state index in [1.165, 1.54) is 19.3 Å². The highest BCUT2D eigenvalue weighted by atomic mass is 16.5. The molecule has 3 rings (SSSR count). The van der Waals surface area contributed by atoms with Crippen molar-refractivity contribution in [3.05, 3.63) is 30.1 Å². The van der Waals surface area contributed by atoms with Crippen LogP contribution >= 0.6 is 0 Å². The summed E-state index contributed by atoms with van der Waals surface area (Å²) in [6.45, 7) is 0. The summed E-state index contributed by atoms with van der Waals surface area (Å²) in [5, 5.41) is 12.0. The zero-order valence-corrected chi connectivity index (χ0v) is 15.6. The zero-order valence-electron chi connectivity index (χ0n) is 15.6. The third kappa shape index (κ3) is 4.20. The normalized spacial score (nSPS) is 15.0. The molecule has 1 amide bonds. The molecule has 1 fully saturated rings. The number of aryl methyl sites for hydroxylation is 1. The van der Waals surface area contributed by atoms with E-state index in [1.807, 2.05) is 36.2 Å². The lowest BCUT2D eigenvalue weighted by atomic mass is 9.94. The number of carbonyl (C=O) groups is 1. The van der Waals surface area contributed by atoms with Crippen molar-refractivity contribution in [1.29, 1.82) is 0 Å². The van der Waals surface area contributed by atoms with E-state index in [4.69, 9.17) is 4.74 Å². The van der Waals surface area contributed by atoms with Crippen LogP contribution in [0.3, 0.4) is 0 Å². The highest BCUT2D eigenvalue weighted by molar-refractivity contribution is 5.76. The predicted molar refractivity (Wildman–Crippen MR) is 98.3 cm³/mol. The van der Waals surface area contributed by atoms with E-state index in [2.05, 4.69) is 15.5 Å². The third-order valence-electron chi connectivity index (χ3n) is 5.15. The summed E-state index contributed by atoms with van der Waals surface area (Å²) in [7, 11) is 3.57. The molecule has 1 aliphatic rings. The van der Waals surface area contributed by atoms with Crippen molar-refractivity contribution in [3.8, 4) is 11.4 Å². The molecular formula is C19H27N5O2. The number of carbonyl (C=O) groups excluding carboxylic acids is 1. The number of amides is 1. The summed E-state index contributed by atoms with van der Waals surface area (Å²) in [6.07, 6.45) is 7.92. The molecule has 26 heavy (non-hydrogen) atoms. The number of hydrogen-bond acceptors (Lipinski definition) is 5. The fraction of sp³-hybridized carbons (Fsp3) is 0.579. The molecule has 7 heteroatoms. The molecule has 0 aliphatic heterocycles. The second kappa shape index (κ2) is 8.78. The van der Waals surface area contributed by atoms with E-state index in [0.29, 0.717) is 24.6 Å². The Labute approximate surface area is 154 Å². The maximum absolute atomic E-state index is 12.5. The average molecular weight is 357 g/mol. The van der Waals surface area contributed by atoms with Gasteiger partial charge in [0.15, 0.2) is 5.82 Å². The Morgan fingerprint density at radius 3 is 2.81 bits per heavy atom. The molecule has 0 N–H and O–H groups in total. The van der Waals surface area contributed by atoms with Crippen molar-refractivity contribution in [1.82, 2.24) is 25.1 Å². The number of rotatable bonds is 7. The van der Waals surface area contributed by atoms with Crippen LogP contribution in [-0.2, 0) is 11.2 Å². The lowest BCUT2D eigenvalue weighted by Gasteiger charge is -2.31. The quantitative estimate of drug-likeness (QED) is 0.762. The first-order valence-corrected chi connectivity index (χ1v) is 9.37. The van der Waals surface area contributed by atoms with Crippen LogP contribution in [-0.4, -0.2) is 51.2 Å². The van der Waals surface area contributed by atoms with Crippen molar-refractivity contribution < 1.29 is 9.53 Å². The van der Waals surface area contributed by atoms with E-state index >= 15 is 0 Å². The maximum Gasteiger partial charge on any atom is 0.222 e. The lowest BCUT2D eigenvalue weighted by Crippen LogP contribution is -2.38. The van der Waals surface area contributed by atoms with Gasteiger partial charge in [-0.1, -0.05) is 31.4 Å². The number of tetrazole rings is 1. The van der Waals surface area contributed by atoms with Crippen molar-refractivity contribution in [2.24, 2.45) is 0 Å². The molecule has 0 bridgehead atoms. The minimum absolute atomic E-state index is 0.216. The Hall–Kier alpha value is -2.44. The summed E-state index contributed by atoms with van der Waals surface area (Å²) < 4.78 is 7.08. The van der Waals surface area contributed by atoms with Gasteiger partial charge in [-0.15, -0.1) is 5.10 Å². The minimum Gasteiger partial charge on any atom is -0.494 e. The number of ether oxygens (including phenoxy) is 1. The lowest BCUT2D eigenvalue weighted by molar-refractivity contribution is -0.132. The van der Waals surface area contributed by atoms with Crippen LogP contribution in [0.4, 0.5) is 0 Å². The predicted octanol–water partition coefficient (Wildman–Crippen LogP) is 2.78. The molecule has 1 aromatic carbocycles. The van der Waals surface area contributed by atoms with Gasteiger partial charge in [-0.2, -0.15) is 4.68 Å². The number of aromatic nitrogens is 4. The Morgan fingerprint density at radius 1 is 1.27 bits per heavy atom. The molecule has 0 atom stereocenters.